The van der Waals surface area contributed by atoms with E-state index < -0.39 is 0 Å². The van der Waals surface area contributed by atoms with Gasteiger partial charge in [-0.3, -0.25) is 0 Å². The molecule has 172 valence electrons. The molecule has 0 saturated heterocycles. The lowest BCUT2D eigenvalue weighted by molar-refractivity contribution is 0.612. The van der Waals surface area contributed by atoms with Gasteiger partial charge in [0.05, 0.1) is 0 Å². The smallest absolute Gasteiger partial charge is 0.0443 e. The number of hydrogen-bond donors (Lipinski definition) is 0. The minimum Gasteiger partial charge on any atom is -0.0776 e. The van der Waals surface area contributed by atoms with Crippen molar-refractivity contribution >= 4 is 0 Å². The Morgan fingerprint density at radius 2 is 0.800 bits per heavy atom. The molecule has 0 unspecified atom stereocenters. The maximum Gasteiger partial charge on any atom is -0.0443 e. The van der Waals surface area contributed by atoms with E-state index in [2.05, 4.69) is 48.5 Å². The average Bonchev–Trinajstić information content (AvgIpc) is 2.72. The second-order valence-electron chi connectivity index (χ2n) is 5.92. The van der Waals surface area contributed by atoms with Crippen LogP contribution in [0.5, 0.6) is 0 Å². The molecule has 1 fully saturated rings. The molecule has 1 saturated carbocycles. The zero-order valence-corrected chi connectivity index (χ0v) is 14.3. The molecule has 0 aliphatic heterocycles. The Labute approximate surface area is 172 Å². The van der Waals surface area contributed by atoms with Crippen molar-refractivity contribution in [2.75, 3.05) is 0 Å². The highest BCUT2D eigenvalue weighted by Crippen LogP contribution is 2.22. The van der Waals surface area contributed by atoms with Gasteiger partial charge in [-0.15, -0.1) is 0 Å². The highest BCUT2D eigenvalue weighted by Gasteiger charge is 2.07. The maximum atomic E-state index is 2.34. The lowest BCUT2D eigenvalue weighted by atomic mass is 10.2. The molecule has 0 aromatic rings. The Morgan fingerprint density at radius 3 is 0.840 bits per heavy atom. The molecule has 0 aromatic heterocycles. The molecular formula is C25H72. The summed E-state index contributed by atoms with van der Waals surface area (Å²) < 4.78 is 0. The van der Waals surface area contributed by atoms with E-state index in [1.807, 2.05) is 13.8 Å². The Bertz CT molecular complexity index is 93.9. The molecule has 0 nitrogen and oxygen atoms in total. The molecule has 0 amide bonds. The van der Waals surface area contributed by atoms with Gasteiger partial charge in [0.2, 0.25) is 0 Å². The predicted molar refractivity (Wildman–Crippen MR) is 138 cm³/mol. The van der Waals surface area contributed by atoms with Gasteiger partial charge in [-0.1, -0.05) is 154 Å². The molecule has 0 heterocycles. The summed E-state index contributed by atoms with van der Waals surface area (Å²) in [5.41, 5.74) is 0. The molecule has 1 aliphatic carbocycles. The average molecular weight is 373 g/mol. The van der Waals surface area contributed by atoms with Crippen LogP contribution in [0, 0.1) is 17.8 Å². The summed E-state index contributed by atoms with van der Waals surface area (Å²) in [6.07, 6.45) is 7.25. The molecule has 0 bridgehead atoms. The SMILES string of the molecule is C.C.C.C.C.C.C.C.CC.CC(C)C.CC1CCCC1.CCC(C)C. The molecular weight excluding hydrogens is 300 g/mol. The van der Waals surface area contributed by atoms with Crippen LogP contribution in [0.4, 0.5) is 0 Å². The fraction of sp³-hybridized carbons (Fsp3) is 1.00. The summed E-state index contributed by atoms with van der Waals surface area (Å²) in [5, 5.41) is 0. The third kappa shape index (κ3) is 143. The molecule has 0 heteroatoms. The maximum absolute atomic E-state index is 2.34. The van der Waals surface area contributed by atoms with Crippen LogP contribution in [-0.2, 0) is 0 Å². The first-order valence-corrected chi connectivity index (χ1v) is 7.90. The van der Waals surface area contributed by atoms with Crippen molar-refractivity contribution < 1.29 is 0 Å². The topological polar surface area (TPSA) is 0 Å². The van der Waals surface area contributed by atoms with Crippen molar-refractivity contribution in [1.29, 1.82) is 0 Å². The third-order valence-electron chi connectivity index (χ3n) is 2.46. The van der Waals surface area contributed by atoms with Crippen LogP contribution in [-0.4, -0.2) is 0 Å². The third-order valence-corrected chi connectivity index (χ3v) is 2.46. The fourth-order valence-electron chi connectivity index (χ4n) is 1.13. The first kappa shape index (κ1) is 73.5. The van der Waals surface area contributed by atoms with Crippen molar-refractivity contribution in [3.63, 3.8) is 0 Å². The van der Waals surface area contributed by atoms with Crippen LogP contribution < -0.4 is 0 Å². The number of hydrogen-bond acceptors (Lipinski definition) is 0. The lowest BCUT2D eigenvalue weighted by Crippen LogP contribution is -1.78. The zero-order chi connectivity index (χ0) is 14.3. The second kappa shape index (κ2) is 64.8. The van der Waals surface area contributed by atoms with Gasteiger partial charge in [0, 0.05) is 0 Å². The van der Waals surface area contributed by atoms with E-state index in [9.17, 15) is 0 Å². The van der Waals surface area contributed by atoms with Crippen molar-refractivity contribution in [1.82, 2.24) is 0 Å². The highest BCUT2D eigenvalue weighted by molar-refractivity contribution is 4.60. The monoisotopic (exact) mass is 373 g/mol. The van der Waals surface area contributed by atoms with Crippen LogP contribution in [0.3, 0.4) is 0 Å². The van der Waals surface area contributed by atoms with E-state index in [1.165, 1.54) is 32.1 Å². The van der Waals surface area contributed by atoms with Crippen LogP contribution in [0.2, 0.25) is 0 Å². The normalized spacial score (nSPS) is 9.72. The Hall–Kier alpha value is 0. The zero-order valence-electron chi connectivity index (χ0n) is 14.3. The minimum absolute atomic E-state index is 0. The largest absolute Gasteiger partial charge is 0.0776 e. The van der Waals surface area contributed by atoms with Crippen molar-refractivity contribution in [3.05, 3.63) is 0 Å². The summed E-state index contributed by atoms with van der Waals surface area (Å²) in [6, 6.07) is 0. The predicted octanol–water partition coefficient (Wildman–Crippen LogP) is 12.0. The summed E-state index contributed by atoms with van der Waals surface area (Å²) in [5.74, 6) is 2.76. The van der Waals surface area contributed by atoms with Gasteiger partial charge in [0.1, 0.15) is 0 Å². The molecule has 25 heavy (non-hydrogen) atoms. The van der Waals surface area contributed by atoms with E-state index in [1.54, 1.807) is 0 Å². The summed E-state index contributed by atoms with van der Waals surface area (Å²) >= 11 is 0. The van der Waals surface area contributed by atoms with Crippen molar-refractivity contribution in [2.24, 2.45) is 17.8 Å². The van der Waals surface area contributed by atoms with Gasteiger partial charge in [0.25, 0.3) is 0 Å². The lowest BCUT2D eigenvalue weighted by Gasteiger charge is -1.91. The first-order chi connectivity index (χ1) is 7.90. The Morgan fingerprint density at radius 1 is 0.640 bits per heavy atom. The summed E-state index contributed by atoms with van der Waals surface area (Å²) in [4.78, 5) is 0. The molecule has 0 aromatic carbocycles. The van der Waals surface area contributed by atoms with E-state index in [-0.39, 0.29) is 59.4 Å². The summed E-state index contributed by atoms with van der Waals surface area (Å²) in [6.45, 7) is 19.5. The van der Waals surface area contributed by atoms with Gasteiger partial charge in [-0.25, -0.2) is 0 Å². The highest BCUT2D eigenvalue weighted by atomic mass is 14.1. The second-order valence-corrected chi connectivity index (χ2v) is 5.92. The van der Waals surface area contributed by atoms with Gasteiger partial charge in [-0.05, 0) is 17.8 Å². The van der Waals surface area contributed by atoms with E-state index in [0.29, 0.717) is 0 Å². The van der Waals surface area contributed by atoms with Gasteiger partial charge in [-0.2, -0.15) is 0 Å². The quantitative estimate of drug-likeness (QED) is 0.429. The minimum atomic E-state index is 0. The van der Waals surface area contributed by atoms with E-state index >= 15 is 0 Å². The molecule has 0 N–H and O–H groups in total. The van der Waals surface area contributed by atoms with Gasteiger partial charge < -0.3 is 0 Å². The Kier molecular flexibility index (Phi) is 190. The number of rotatable bonds is 1. The van der Waals surface area contributed by atoms with Crippen LogP contribution in [0.25, 0.3) is 0 Å². The molecule has 1 aliphatic rings. The van der Waals surface area contributed by atoms with Gasteiger partial charge in [0.15, 0.2) is 0 Å². The molecule has 1 rings (SSSR count). The first-order valence-electron chi connectivity index (χ1n) is 7.90. The van der Waals surface area contributed by atoms with E-state index in [4.69, 9.17) is 0 Å². The standard InChI is InChI=1S/C6H12.C5H12.C4H10.C2H6.8CH4/c1-6-4-2-3-5-6;1-4-5(2)3;1-4(2)3;1-2;;;;;;;;/h6H,2-5H2,1H3;5H,4H2,1-3H3;4H,1-3H3;1-2H3;8*1H4. The Balaban J connectivity index is -0.0000000109. The summed E-state index contributed by atoms with van der Waals surface area (Å²) in [7, 11) is 0. The molecule has 0 atom stereocenters. The van der Waals surface area contributed by atoms with Crippen LogP contribution in [0.15, 0.2) is 0 Å². The molecule has 0 radical (unpaired) electrons. The van der Waals surface area contributed by atoms with Crippen LogP contribution >= 0.6 is 0 Å². The van der Waals surface area contributed by atoms with E-state index in [0.717, 1.165) is 17.8 Å². The fourth-order valence-corrected chi connectivity index (χ4v) is 1.13. The molecule has 0 spiro atoms. The van der Waals surface area contributed by atoms with Crippen LogP contribution in [0.1, 0.15) is 154 Å². The van der Waals surface area contributed by atoms with Crippen molar-refractivity contribution in [3.8, 4) is 0 Å². The van der Waals surface area contributed by atoms with Gasteiger partial charge >= 0.3 is 0 Å². The van der Waals surface area contributed by atoms with Crippen molar-refractivity contribution in [2.45, 2.75) is 154 Å².